The Morgan fingerprint density at radius 2 is 2.07 bits per heavy atom. The molecule has 0 amide bonds. The van der Waals surface area contributed by atoms with E-state index in [0.29, 0.717) is 0 Å². The predicted molar refractivity (Wildman–Crippen MR) is 60.7 cm³/mol. The molecule has 0 atom stereocenters. The lowest BCUT2D eigenvalue weighted by Gasteiger charge is -2.06. The monoisotopic (exact) mass is 208 g/mol. The van der Waals surface area contributed by atoms with Crippen LogP contribution in [0.3, 0.4) is 0 Å². The number of halogens is 1. The van der Waals surface area contributed by atoms with Gasteiger partial charge in [0.05, 0.1) is 0 Å². The number of aromatic amines is 1. The van der Waals surface area contributed by atoms with Crippen molar-refractivity contribution in [3.05, 3.63) is 35.0 Å². The van der Waals surface area contributed by atoms with Crippen molar-refractivity contribution in [2.75, 3.05) is 14.1 Å². The normalized spacial score (nSPS) is 11.4. The molecule has 0 aliphatic carbocycles. The van der Waals surface area contributed by atoms with E-state index < -0.39 is 0 Å². The summed E-state index contributed by atoms with van der Waals surface area (Å²) in [6.07, 6.45) is 0. The molecule has 0 spiro atoms. The molecular weight excluding hydrogens is 196 g/mol. The fourth-order valence-electron chi connectivity index (χ4n) is 1.59. The molecule has 1 aromatic carbocycles. The maximum absolute atomic E-state index is 5.90. The Morgan fingerprint density at radius 1 is 1.29 bits per heavy atom. The number of aromatic nitrogens is 1. The fraction of sp³-hybridized carbons (Fsp3) is 0.273. The first-order chi connectivity index (χ1) is 6.65. The van der Waals surface area contributed by atoms with Crippen molar-refractivity contribution in [1.82, 2.24) is 9.88 Å². The van der Waals surface area contributed by atoms with Gasteiger partial charge in [0, 0.05) is 22.8 Å². The minimum absolute atomic E-state index is 0.774. The van der Waals surface area contributed by atoms with Crippen LogP contribution in [0.25, 0.3) is 10.9 Å². The Kier molecular flexibility index (Phi) is 2.48. The molecule has 1 aromatic heterocycles. The number of hydrogen-bond acceptors (Lipinski definition) is 1. The topological polar surface area (TPSA) is 19.0 Å². The van der Waals surface area contributed by atoms with Crippen LogP contribution in [0, 0.1) is 0 Å². The Hall–Kier alpha value is -0.990. The van der Waals surface area contributed by atoms with Crippen molar-refractivity contribution < 1.29 is 0 Å². The lowest BCUT2D eigenvalue weighted by atomic mass is 10.2. The van der Waals surface area contributed by atoms with Gasteiger partial charge in [-0.25, -0.2) is 0 Å². The van der Waals surface area contributed by atoms with Crippen LogP contribution in [-0.2, 0) is 6.54 Å². The number of nitrogens with one attached hydrogen (secondary N) is 1. The lowest BCUT2D eigenvalue weighted by molar-refractivity contribution is 0.398. The van der Waals surface area contributed by atoms with E-state index in [1.165, 1.54) is 11.1 Å². The van der Waals surface area contributed by atoms with Crippen molar-refractivity contribution in [2.45, 2.75) is 6.54 Å². The lowest BCUT2D eigenvalue weighted by Crippen LogP contribution is -2.10. The summed E-state index contributed by atoms with van der Waals surface area (Å²) in [7, 11) is 4.11. The average molecular weight is 209 g/mol. The van der Waals surface area contributed by atoms with E-state index in [4.69, 9.17) is 11.6 Å². The zero-order valence-corrected chi connectivity index (χ0v) is 9.10. The van der Waals surface area contributed by atoms with E-state index in [2.05, 4.69) is 30.0 Å². The van der Waals surface area contributed by atoms with Gasteiger partial charge in [-0.1, -0.05) is 17.7 Å². The summed E-state index contributed by atoms with van der Waals surface area (Å²) in [4.78, 5) is 5.47. The highest BCUT2D eigenvalue weighted by atomic mass is 35.5. The van der Waals surface area contributed by atoms with Crippen molar-refractivity contribution in [3.63, 3.8) is 0 Å². The third-order valence-corrected chi connectivity index (χ3v) is 2.36. The Labute approximate surface area is 88.5 Å². The van der Waals surface area contributed by atoms with Gasteiger partial charge in [-0.15, -0.1) is 0 Å². The van der Waals surface area contributed by atoms with Gasteiger partial charge in [0.25, 0.3) is 0 Å². The maximum atomic E-state index is 5.90. The van der Waals surface area contributed by atoms with Crippen LogP contribution in [0.2, 0.25) is 5.02 Å². The van der Waals surface area contributed by atoms with Crippen LogP contribution >= 0.6 is 11.6 Å². The first-order valence-corrected chi connectivity index (χ1v) is 4.95. The second kappa shape index (κ2) is 3.64. The largest absolute Gasteiger partial charge is 0.357 e. The Balaban J connectivity index is 2.41. The first-order valence-electron chi connectivity index (χ1n) is 4.57. The van der Waals surface area contributed by atoms with Gasteiger partial charge in [-0.05, 0) is 37.7 Å². The van der Waals surface area contributed by atoms with Gasteiger partial charge in [-0.3, -0.25) is 0 Å². The third-order valence-electron chi connectivity index (χ3n) is 2.13. The smallest absolute Gasteiger partial charge is 0.0471 e. The third kappa shape index (κ3) is 1.91. The van der Waals surface area contributed by atoms with Gasteiger partial charge in [0.2, 0.25) is 0 Å². The second-order valence-electron chi connectivity index (χ2n) is 3.76. The highest BCUT2D eigenvalue weighted by molar-refractivity contribution is 6.31. The number of fused-ring (bicyclic) bond motifs is 1. The summed E-state index contributed by atoms with van der Waals surface area (Å²) in [5.74, 6) is 0. The van der Waals surface area contributed by atoms with Crippen LogP contribution in [0.5, 0.6) is 0 Å². The van der Waals surface area contributed by atoms with Crippen LogP contribution in [0.4, 0.5) is 0 Å². The maximum Gasteiger partial charge on any atom is 0.0471 e. The molecule has 0 unspecified atom stereocenters. The van der Waals surface area contributed by atoms with E-state index in [0.717, 1.165) is 17.1 Å². The van der Waals surface area contributed by atoms with Crippen LogP contribution < -0.4 is 0 Å². The number of H-pyrrole nitrogens is 1. The van der Waals surface area contributed by atoms with E-state index in [9.17, 15) is 0 Å². The first kappa shape index (κ1) is 9.56. The summed E-state index contributed by atoms with van der Waals surface area (Å²) >= 11 is 5.90. The predicted octanol–water partition coefficient (Wildman–Crippen LogP) is 2.88. The molecule has 2 rings (SSSR count). The van der Waals surface area contributed by atoms with Crippen LogP contribution in [0.1, 0.15) is 5.69 Å². The van der Waals surface area contributed by atoms with E-state index in [-0.39, 0.29) is 0 Å². The minimum atomic E-state index is 0.774. The SMILES string of the molecule is CN(C)Cc1cc2ccc(Cl)cc2[nH]1. The molecule has 0 saturated carbocycles. The van der Waals surface area contributed by atoms with Gasteiger partial charge in [0.1, 0.15) is 0 Å². The van der Waals surface area contributed by atoms with Crippen LogP contribution in [0.15, 0.2) is 24.3 Å². The number of nitrogens with zero attached hydrogens (tertiary/aromatic N) is 1. The number of rotatable bonds is 2. The molecule has 1 N–H and O–H groups in total. The molecule has 14 heavy (non-hydrogen) atoms. The van der Waals surface area contributed by atoms with Crippen molar-refractivity contribution in [2.24, 2.45) is 0 Å². The van der Waals surface area contributed by atoms with Gasteiger partial charge in [0.15, 0.2) is 0 Å². The second-order valence-corrected chi connectivity index (χ2v) is 4.20. The van der Waals surface area contributed by atoms with Crippen molar-refractivity contribution >= 4 is 22.5 Å². The zero-order chi connectivity index (χ0) is 10.1. The molecule has 0 radical (unpaired) electrons. The molecular formula is C11H13ClN2. The summed E-state index contributed by atoms with van der Waals surface area (Å²) < 4.78 is 0. The summed E-state index contributed by atoms with van der Waals surface area (Å²) in [6.45, 7) is 0.923. The molecule has 2 aromatic rings. The number of benzene rings is 1. The summed E-state index contributed by atoms with van der Waals surface area (Å²) in [5, 5.41) is 1.99. The van der Waals surface area contributed by atoms with Gasteiger partial charge >= 0.3 is 0 Å². The highest BCUT2D eigenvalue weighted by Crippen LogP contribution is 2.20. The molecule has 0 fully saturated rings. The Bertz CT molecular complexity index is 445. The molecule has 0 aliphatic rings. The highest BCUT2D eigenvalue weighted by Gasteiger charge is 2.01. The quantitative estimate of drug-likeness (QED) is 0.804. The summed E-state index contributed by atoms with van der Waals surface area (Å²) in [5.41, 5.74) is 2.32. The average Bonchev–Trinajstić information content (AvgIpc) is 2.44. The van der Waals surface area contributed by atoms with Gasteiger partial charge in [-0.2, -0.15) is 0 Å². The zero-order valence-electron chi connectivity index (χ0n) is 8.34. The number of hydrogen-bond donors (Lipinski definition) is 1. The summed E-state index contributed by atoms with van der Waals surface area (Å²) in [6, 6.07) is 8.06. The van der Waals surface area contributed by atoms with Crippen LogP contribution in [-0.4, -0.2) is 24.0 Å². The van der Waals surface area contributed by atoms with E-state index in [1.807, 2.05) is 18.2 Å². The molecule has 0 bridgehead atoms. The van der Waals surface area contributed by atoms with E-state index >= 15 is 0 Å². The van der Waals surface area contributed by atoms with Gasteiger partial charge < -0.3 is 9.88 Å². The fourth-order valence-corrected chi connectivity index (χ4v) is 1.76. The minimum Gasteiger partial charge on any atom is -0.357 e. The molecule has 74 valence electrons. The Morgan fingerprint density at radius 3 is 2.79 bits per heavy atom. The molecule has 0 saturated heterocycles. The molecule has 2 nitrogen and oxygen atoms in total. The molecule has 0 aliphatic heterocycles. The van der Waals surface area contributed by atoms with Crippen molar-refractivity contribution in [1.29, 1.82) is 0 Å². The van der Waals surface area contributed by atoms with E-state index in [1.54, 1.807) is 0 Å². The molecule has 1 heterocycles. The molecule has 3 heteroatoms. The standard InChI is InChI=1S/C11H13ClN2/c1-14(2)7-10-5-8-3-4-9(12)6-11(8)13-10/h3-6,13H,7H2,1-2H3. The van der Waals surface area contributed by atoms with Crippen molar-refractivity contribution in [3.8, 4) is 0 Å².